The van der Waals surface area contributed by atoms with Gasteiger partial charge in [-0.25, -0.2) is 0 Å². The van der Waals surface area contributed by atoms with Gasteiger partial charge in [-0.15, -0.1) is 12.4 Å². The molecule has 0 spiro atoms. The van der Waals surface area contributed by atoms with Crippen molar-refractivity contribution in [1.82, 2.24) is 10.6 Å². The van der Waals surface area contributed by atoms with Crippen LogP contribution in [0.4, 0.5) is 5.69 Å². The van der Waals surface area contributed by atoms with Gasteiger partial charge >= 0.3 is 0 Å². The van der Waals surface area contributed by atoms with E-state index in [0.717, 1.165) is 24.3 Å². The van der Waals surface area contributed by atoms with Crippen molar-refractivity contribution in [3.63, 3.8) is 0 Å². The molecule has 1 saturated heterocycles. The fourth-order valence-electron chi connectivity index (χ4n) is 2.67. The fourth-order valence-corrected chi connectivity index (χ4v) is 2.67. The van der Waals surface area contributed by atoms with Crippen LogP contribution in [0.2, 0.25) is 0 Å². The van der Waals surface area contributed by atoms with Crippen LogP contribution in [0.1, 0.15) is 18.4 Å². The molecule has 2 aliphatic rings. The summed E-state index contributed by atoms with van der Waals surface area (Å²) in [4.78, 5) is 25.6. The number of anilines is 1. The minimum Gasteiger partial charge on any atom is -0.344 e. The van der Waals surface area contributed by atoms with E-state index in [1.165, 1.54) is 0 Å². The third-order valence-electron chi connectivity index (χ3n) is 3.67. The molecular weight excluding hydrogens is 278 g/mol. The van der Waals surface area contributed by atoms with Crippen LogP contribution in [-0.4, -0.2) is 30.9 Å². The number of benzene rings is 1. The summed E-state index contributed by atoms with van der Waals surface area (Å²) < 4.78 is 0. The maximum atomic E-state index is 12.5. The molecule has 1 fully saturated rings. The molecule has 0 unspecified atom stereocenters. The molecule has 0 radical (unpaired) electrons. The smallest absolute Gasteiger partial charge is 0.249 e. The van der Waals surface area contributed by atoms with E-state index in [9.17, 15) is 9.59 Å². The second kappa shape index (κ2) is 6.24. The number of nitrogens with zero attached hydrogens (tertiary/aromatic N) is 1. The fraction of sp³-hybridized carbons (Fsp3) is 0.429. The molecule has 0 bridgehead atoms. The van der Waals surface area contributed by atoms with Gasteiger partial charge in [0.25, 0.3) is 0 Å². The summed E-state index contributed by atoms with van der Waals surface area (Å²) in [6, 6.07) is 7.56. The third-order valence-corrected chi connectivity index (χ3v) is 3.67. The summed E-state index contributed by atoms with van der Waals surface area (Å²) >= 11 is 0. The van der Waals surface area contributed by atoms with E-state index in [1.54, 1.807) is 4.90 Å². The number of fused-ring (bicyclic) bond motifs is 1. The minimum absolute atomic E-state index is 0. The Balaban J connectivity index is 0.00000147. The molecule has 6 heteroatoms. The van der Waals surface area contributed by atoms with Gasteiger partial charge in [0.2, 0.25) is 11.8 Å². The van der Waals surface area contributed by atoms with Gasteiger partial charge < -0.3 is 15.5 Å². The largest absolute Gasteiger partial charge is 0.344 e. The summed E-state index contributed by atoms with van der Waals surface area (Å²) in [6.45, 7) is 2.18. The predicted molar refractivity (Wildman–Crippen MR) is 78.9 cm³/mol. The lowest BCUT2D eigenvalue weighted by Gasteiger charge is -2.25. The number of halogens is 1. The summed E-state index contributed by atoms with van der Waals surface area (Å²) in [5, 5.41) is 6.06. The lowest BCUT2D eigenvalue weighted by Crippen LogP contribution is -2.46. The monoisotopic (exact) mass is 295 g/mol. The number of carbonyl (C=O) groups is 2. The zero-order chi connectivity index (χ0) is 13.2. The Morgan fingerprint density at radius 3 is 2.85 bits per heavy atom. The second-order valence-corrected chi connectivity index (χ2v) is 4.95. The highest BCUT2D eigenvalue weighted by atomic mass is 35.5. The Hall–Kier alpha value is -1.59. The topological polar surface area (TPSA) is 61.4 Å². The Morgan fingerprint density at radius 2 is 2.10 bits per heavy atom. The van der Waals surface area contributed by atoms with E-state index in [1.807, 2.05) is 24.3 Å². The second-order valence-electron chi connectivity index (χ2n) is 4.95. The van der Waals surface area contributed by atoms with Gasteiger partial charge in [0.15, 0.2) is 0 Å². The van der Waals surface area contributed by atoms with Gasteiger partial charge in [-0.05, 0) is 18.1 Å². The molecule has 1 aromatic rings. The zero-order valence-corrected chi connectivity index (χ0v) is 11.9. The van der Waals surface area contributed by atoms with Crippen molar-refractivity contribution in [3.05, 3.63) is 29.8 Å². The number of hydrogen-bond acceptors (Lipinski definition) is 3. The molecule has 2 amide bonds. The molecule has 108 valence electrons. The van der Waals surface area contributed by atoms with Crippen molar-refractivity contribution >= 4 is 29.9 Å². The molecule has 1 aromatic carbocycles. The molecule has 2 aliphatic heterocycles. The molecule has 0 aliphatic carbocycles. The summed E-state index contributed by atoms with van der Waals surface area (Å²) in [5.74, 6) is -0.0263. The maximum absolute atomic E-state index is 12.5. The van der Waals surface area contributed by atoms with E-state index in [4.69, 9.17) is 0 Å². The van der Waals surface area contributed by atoms with Gasteiger partial charge in [-0.1, -0.05) is 18.2 Å². The molecular formula is C14H18ClN3O2. The molecule has 2 N–H and O–H groups in total. The van der Waals surface area contributed by atoms with E-state index in [2.05, 4.69) is 10.6 Å². The molecule has 1 atom stereocenters. The maximum Gasteiger partial charge on any atom is 0.249 e. The first-order chi connectivity index (χ1) is 9.25. The summed E-state index contributed by atoms with van der Waals surface area (Å²) in [5.41, 5.74) is 2.08. The number of nitrogens with one attached hydrogen (secondary N) is 2. The quantitative estimate of drug-likeness (QED) is 0.806. The van der Waals surface area contributed by atoms with Crippen molar-refractivity contribution in [2.24, 2.45) is 0 Å². The highest BCUT2D eigenvalue weighted by Crippen LogP contribution is 2.24. The lowest BCUT2D eigenvalue weighted by atomic mass is 10.1. The highest BCUT2D eigenvalue weighted by Gasteiger charge is 2.32. The summed E-state index contributed by atoms with van der Waals surface area (Å²) in [7, 11) is 0. The first kappa shape index (κ1) is 14.8. The normalized spacial score (nSPS) is 21.5. The van der Waals surface area contributed by atoms with Crippen LogP contribution >= 0.6 is 12.4 Å². The minimum atomic E-state index is -0.362. The Bertz CT molecular complexity index is 521. The van der Waals surface area contributed by atoms with Crippen molar-refractivity contribution in [3.8, 4) is 0 Å². The van der Waals surface area contributed by atoms with Crippen molar-refractivity contribution in [2.45, 2.75) is 25.4 Å². The van der Waals surface area contributed by atoms with Crippen LogP contribution in [0.15, 0.2) is 24.3 Å². The van der Waals surface area contributed by atoms with Gasteiger partial charge in [-0.3, -0.25) is 9.59 Å². The average Bonchev–Trinajstić information content (AvgIpc) is 2.74. The highest BCUT2D eigenvalue weighted by molar-refractivity contribution is 6.01. The van der Waals surface area contributed by atoms with Crippen LogP contribution < -0.4 is 15.5 Å². The van der Waals surface area contributed by atoms with E-state index in [0.29, 0.717) is 19.4 Å². The van der Waals surface area contributed by atoms with Crippen LogP contribution in [0, 0.1) is 0 Å². The Labute approximate surface area is 124 Å². The van der Waals surface area contributed by atoms with Gasteiger partial charge in [0, 0.05) is 31.7 Å². The molecule has 3 rings (SSSR count). The first-order valence-electron chi connectivity index (χ1n) is 6.65. The predicted octanol–water partition coefficient (Wildman–Crippen LogP) is 0.823. The molecule has 2 heterocycles. The number of hydrogen-bond donors (Lipinski definition) is 2. The van der Waals surface area contributed by atoms with E-state index >= 15 is 0 Å². The van der Waals surface area contributed by atoms with Crippen molar-refractivity contribution in [2.75, 3.05) is 18.0 Å². The molecule has 0 saturated carbocycles. The van der Waals surface area contributed by atoms with Gasteiger partial charge in [-0.2, -0.15) is 0 Å². The molecule has 20 heavy (non-hydrogen) atoms. The molecule has 5 nitrogen and oxygen atoms in total. The number of amides is 2. The third kappa shape index (κ3) is 2.78. The van der Waals surface area contributed by atoms with Crippen LogP contribution in [0.3, 0.4) is 0 Å². The van der Waals surface area contributed by atoms with Gasteiger partial charge in [0.05, 0.1) is 0 Å². The Morgan fingerprint density at radius 1 is 1.30 bits per heavy atom. The van der Waals surface area contributed by atoms with Crippen LogP contribution in [0.25, 0.3) is 0 Å². The number of para-hydroxylation sites is 1. The summed E-state index contributed by atoms with van der Waals surface area (Å²) in [6.07, 6.45) is 1.05. The number of rotatable bonds is 1. The van der Waals surface area contributed by atoms with E-state index < -0.39 is 0 Å². The van der Waals surface area contributed by atoms with Crippen LogP contribution in [0.5, 0.6) is 0 Å². The standard InChI is InChI=1S/C14H17N3O2.ClH/c18-13-6-5-11(16-13)14(19)17-8-7-15-9-10-3-1-2-4-12(10)17;/h1-4,11,15H,5-9H2,(H,16,18);1H/t11-;/m1./s1. The first-order valence-corrected chi connectivity index (χ1v) is 6.65. The SMILES string of the molecule is Cl.O=C1CC[C@H](C(=O)N2CCNCc3ccccc32)N1. The Kier molecular flexibility index (Phi) is 4.62. The van der Waals surface area contributed by atoms with Gasteiger partial charge in [0.1, 0.15) is 6.04 Å². The van der Waals surface area contributed by atoms with Crippen molar-refractivity contribution < 1.29 is 9.59 Å². The molecule has 0 aromatic heterocycles. The number of carbonyl (C=O) groups excluding carboxylic acids is 2. The average molecular weight is 296 g/mol. The van der Waals surface area contributed by atoms with E-state index in [-0.39, 0.29) is 30.3 Å². The lowest BCUT2D eigenvalue weighted by molar-refractivity contribution is -0.124. The van der Waals surface area contributed by atoms with Crippen LogP contribution in [-0.2, 0) is 16.1 Å². The zero-order valence-electron chi connectivity index (χ0n) is 11.1. The van der Waals surface area contributed by atoms with Crippen molar-refractivity contribution in [1.29, 1.82) is 0 Å².